The highest BCUT2D eigenvalue weighted by Gasteiger charge is 2.28. The van der Waals surface area contributed by atoms with Gasteiger partial charge in [-0.25, -0.2) is 15.0 Å². The summed E-state index contributed by atoms with van der Waals surface area (Å²) < 4.78 is 0.995. The lowest BCUT2D eigenvalue weighted by Gasteiger charge is -2.26. The molecule has 4 heterocycles. The van der Waals surface area contributed by atoms with Crippen LogP contribution in [0.1, 0.15) is 16.8 Å². The third-order valence-corrected chi connectivity index (χ3v) is 6.78. The number of H-pyrrole nitrogens is 1. The van der Waals surface area contributed by atoms with Crippen LogP contribution in [-0.2, 0) is 0 Å². The molecule has 1 aliphatic rings. The second-order valence-electron chi connectivity index (χ2n) is 7.78. The molecule has 8 nitrogen and oxygen atoms in total. The normalized spacial score (nSPS) is 15.8. The Bertz CT molecular complexity index is 1260. The first-order valence-corrected chi connectivity index (χ1v) is 11.5. The van der Waals surface area contributed by atoms with E-state index in [-0.39, 0.29) is 5.91 Å². The van der Waals surface area contributed by atoms with Crippen LogP contribution in [0.2, 0.25) is 0 Å². The molecule has 1 aliphatic heterocycles. The van der Waals surface area contributed by atoms with Crippen molar-refractivity contribution < 1.29 is 4.79 Å². The number of amides is 1. The van der Waals surface area contributed by atoms with E-state index in [2.05, 4.69) is 64.7 Å². The lowest BCUT2D eigenvalue weighted by molar-refractivity contribution is 0.102. The van der Waals surface area contributed by atoms with Gasteiger partial charge in [-0.15, -0.1) is 0 Å². The van der Waals surface area contributed by atoms with E-state index in [1.54, 1.807) is 12.5 Å². The monoisotopic (exact) mass is 539 g/mol. The summed E-state index contributed by atoms with van der Waals surface area (Å²) in [7, 11) is 2.05. The molecule has 32 heavy (non-hydrogen) atoms. The van der Waals surface area contributed by atoms with E-state index < -0.39 is 0 Å². The number of aromatic amines is 1. The molecule has 5 rings (SSSR count). The highest BCUT2D eigenvalue weighted by molar-refractivity contribution is 14.1. The lowest BCUT2D eigenvalue weighted by Crippen LogP contribution is -2.35. The number of likely N-dealkylation sites (N-methyl/N-ethyl adjacent to an activating group) is 1. The molecule has 162 valence electrons. The number of aromatic nitrogens is 4. The van der Waals surface area contributed by atoms with Gasteiger partial charge in [-0.1, -0.05) is 12.1 Å². The second-order valence-corrected chi connectivity index (χ2v) is 8.94. The number of hydrogen-bond acceptors (Lipinski definition) is 6. The number of nitrogens with zero attached hydrogens (tertiary/aromatic N) is 5. The minimum atomic E-state index is -0.165. The van der Waals surface area contributed by atoms with Crippen molar-refractivity contribution in [2.75, 3.05) is 35.3 Å². The van der Waals surface area contributed by atoms with Crippen LogP contribution in [0, 0.1) is 3.57 Å². The summed E-state index contributed by atoms with van der Waals surface area (Å²) in [4.78, 5) is 33.6. The lowest BCUT2D eigenvalue weighted by atomic mass is 10.2. The number of rotatable bonds is 5. The van der Waals surface area contributed by atoms with Crippen molar-refractivity contribution in [1.29, 1.82) is 0 Å². The number of nitrogens with one attached hydrogen (secondary N) is 2. The zero-order chi connectivity index (χ0) is 22.1. The number of pyridine rings is 1. The topological polar surface area (TPSA) is 90.0 Å². The summed E-state index contributed by atoms with van der Waals surface area (Å²) in [6.45, 7) is 1.77. The molecule has 9 heteroatoms. The first kappa shape index (κ1) is 20.7. The van der Waals surface area contributed by atoms with E-state index in [4.69, 9.17) is 0 Å². The Morgan fingerprint density at radius 2 is 2.06 bits per heavy atom. The maximum absolute atomic E-state index is 12.6. The van der Waals surface area contributed by atoms with Gasteiger partial charge in [0.25, 0.3) is 5.91 Å². The Morgan fingerprint density at radius 1 is 1.19 bits per heavy atom. The van der Waals surface area contributed by atoms with Gasteiger partial charge >= 0.3 is 0 Å². The van der Waals surface area contributed by atoms with Crippen LogP contribution in [0.25, 0.3) is 11.0 Å². The van der Waals surface area contributed by atoms with Crippen molar-refractivity contribution in [3.05, 3.63) is 70.3 Å². The molecule has 2 N–H and O–H groups in total. The summed E-state index contributed by atoms with van der Waals surface area (Å²) >= 11 is 2.21. The molecule has 0 aliphatic carbocycles. The van der Waals surface area contributed by atoms with Gasteiger partial charge in [0, 0.05) is 42.1 Å². The van der Waals surface area contributed by atoms with Crippen LogP contribution in [0.5, 0.6) is 0 Å². The minimum absolute atomic E-state index is 0.165. The molecule has 1 atom stereocenters. The quantitative estimate of drug-likeness (QED) is 0.374. The van der Waals surface area contributed by atoms with Gasteiger partial charge in [-0.2, -0.15) is 0 Å². The Kier molecular flexibility index (Phi) is 5.64. The SMILES string of the molecule is CN(c1ccc(C(=O)Nc2ccccc2I)cn1)[C@@H]1CCN(c2ncnc3[nH]ccc23)C1. The molecule has 0 radical (unpaired) electrons. The molecule has 1 amide bonds. The average Bonchev–Trinajstić information content (AvgIpc) is 3.50. The number of halogens is 1. The Hall–Kier alpha value is -3.21. The minimum Gasteiger partial charge on any atom is -0.355 e. The van der Waals surface area contributed by atoms with Gasteiger partial charge in [0.15, 0.2) is 0 Å². The molecule has 0 bridgehead atoms. The van der Waals surface area contributed by atoms with Crippen molar-refractivity contribution in [3.63, 3.8) is 0 Å². The van der Waals surface area contributed by atoms with E-state index in [1.807, 2.05) is 48.7 Å². The second kappa shape index (κ2) is 8.73. The number of anilines is 3. The van der Waals surface area contributed by atoms with Crippen molar-refractivity contribution in [1.82, 2.24) is 19.9 Å². The zero-order valence-electron chi connectivity index (χ0n) is 17.5. The van der Waals surface area contributed by atoms with Crippen molar-refractivity contribution in [2.24, 2.45) is 0 Å². The number of para-hydroxylation sites is 1. The number of benzene rings is 1. The molecule has 1 aromatic carbocycles. The summed E-state index contributed by atoms with van der Waals surface area (Å²) in [6, 6.07) is 13.7. The smallest absolute Gasteiger partial charge is 0.257 e. The van der Waals surface area contributed by atoms with Crippen LogP contribution in [0.4, 0.5) is 17.3 Å². The fourth-order valence-corrected chi connectivity index (χ4v) is 4.56. The molecule has 1 fully saturated rings. The van der Waals surface area contributed by atoms with Crippen molar-refractivity contribution in [3.8, 4) is 0 Å². The highest BCUT2D eigenvalue weighted by Crippen LogP contribution is 2.28. The zero-order valence-corrected chi connectivity index (χ0v) is 19.7. The van der Waals surface area contributed by atoms with E-state index in [0.29, 0.717) is 11.6 Å². The predicted molar refractivity (Wildman–Crippen MR) is 134 cm³/mol. The fraction of sp³-hybridized carbons (Fsp3) is 0.217. The van der Waals surface area contributed by atoms with E-state index >= 15 is 0 Å². The van der Waals surface area contributed by atoms with Gasteiger partial charge in [0.2, 0.25) is 0 Å². The van der Waals surface area contributed by atoms with Crippen molar-refractivity contribution in [2.45, 2.75) is 12.5 Å². The largest absolute Gasteiger partial charge is 0.355 e. The van der Waals surface area contributed by atoms with Crippen LogP contribution in [0.3, 0.4) is 0 Å². The molecule has 0 unspecified atom stereocenters. The van der Waals surface area contributed by atoms with Gasteiger partial charge < -0.3 is 20.1 Å². The van der Waals surface area contributed by atoms with E-state index in [0.717, 1.165) is 51.4 Å². The van der Waals surface area contributed by atoms with Crippen LogP contribution >= 0.6 is 22.6 Å². The first-order chi connectivity index (χ1) is 15.6. The van der Waals surface area contributed by atoms with Crippen LogP contribution < -0.4 is 15.1 Å². The van der Waals surface area contributed by atoms with E-state index in [1.165, 1.54) is 0 Å². The van der Waals surface area contributed by atoms with Gasteiger partial charge in [-0.3, -0.25) is 4.79 Å². The molecule has 0 saturated carbocycles. The standard InChI is InChI=1S/C23H22IN7O/c1-30(16-9-11-31(13-16)22-17-8-10-25-21(17)27-14-28-22)20-7-6-15(12-26-20)23(32)29-19-5-3-2-4-18(19)24/h2-8,10,12,14,16H,9,11,13H2,1H3,(H,29,32)(H,25,27,28)/t16-/m1/s1. The van der Waals surface area contributed by atoms with Gasteiger partial charge in [0.1, 0.15) is 23.6 Å². The molecular weight excluding hydrogens is 517 g/mol. The maximum atomic E-state index is 12.6. The number of hydrogen-bond donors (Lipinski definition) is 2. The highest BCUT2D eigenvalue weighted by atomic mass is 127. The summed E-state index contributed by atoms with van der Waals surface area (Å²) in [5.74, 6) is 1.64. The van der Waals surface area contributed by atoms with Crippen LogP contribution in [-0.4, -0.2) is 52.0 Å². The van der Waals surface area contributed by atoms with Gasteiger partial charge in [-0.05, 0) is 59.3 Å². The number of carbonyl (C=O) groups is 1. The Balaban J connectivity index is 1.26. The number of fused-ring (bicyclic) bond motifs is 1. The summed E-state index contributed by atoms with van der Waals surface area (Å²) in [6.07, 6.45) is 6.13. The molecule has 3 aromatic heterocycles. The average molecular weight is 539 g/mol. The Morgan fingerprint density at radius 3 is 2.88 bits per heavy atom. The maximum Gasteiger partial charge on any atom is 0.257 e. The third-order valence-electron chi connectivity index (χ3n) is 5.84. The molecule has 0 spiro atoms. The molecular formula is C23H22IN7O. The molecule has 4 aromatic rings. The predicted octanol–water partition coefficient (Wildman–Crippen LogP) is 3.92. The Labute approximate surface area is 199 Å². The summed E-state index contributed by atoms with van der Waals surface area (Å²) in [5, 5.41) is 3.98. The van der Waals surface area contributed by atoms with Crippen LogP contribution in [0.15, 0.2) is 61.2 Å². The molecule has 1 saturated heterocycles. The van der Waals surface area contributed by atoms with E-state index in [9.17, 15) is 4.79 Å². The fourth-order valence-electron chi connectivity index (χ4n) is 4.03. The van der Waals surface area contributed by atoms with Gasteiger partial charge in [0.05, 0.1) is 16.6 Å². The summed E-state index contributed by atoms with van der Waals surface area (Å²) in [5.41, 5.74) is 2.19. The first-order valence-electron chi connectivity index (χ1n) is 10.4. The van der Waals surface area contributed by atoms with Crippen molar-refractivity contribution >= 4 is 56.9 Å². The third kappa shape index (κ3) is 3.99. The number of carbonyl (C=O) groups excluding carboxylic acids is 1.